The van der Waals surface area contributed by atoms with Crippen LogP contribution in [0.5, 0.6) is 0 Å². The summed E-state index contributed by atoms with van der Waals surface area (Å²) in [6.45, 7) is 2.98. The number of carbonyl (C=O) groups excluding carboxylic acids is 1. The summed E-state index contributed by atoms with van der Waals surface area (Å²) in [6.07, 6.45) is -0.508. The highest BCUT2D eigenvalue weighted by molar-refractivity contribution is 8.03. The maximum absolute atomic E-state index is 12.6. The minimum Gasteiger partial charge on any atom is -0.449 e. The summed E-state index contributed by atoms with van der Waals surface area (Å²) in [4.78, 5) is 26.2. The molecule has 2 aromatic rings. The normalized spacial score (nSPS) is 27.9. The number of amides is 1. The van der Waals surface area contributed by atoms with Gasteiger partial charge in [0.05, 0.1) is 23.0 Å². The third kappa shape index (κ3) is 4.72. The number of carbonyl (C=O) groups is 2. The zero-order valence-electron chi connectivity index (χ0n) is 20.7. The standard InChI is InChI=1S/C27H33N3O6S/c1-14-23-20(8-9-31)25(33)30(23)26(36-27(34)35)24(14)37-17-11-21(29-13-17)22(32)10-15-6-7-16(12-28)19-5-3-2-4-18(15)19/h2-7,14,17,20-23,29,31-32H,8-13,28H2,1H3,(H,34,35)/t14-,17+,20+,21+,22?,23-/m1/s1. The van der Waals surface area contributed by atoms with Gasteiger partial charge in [0.1, 0.15) is 0 Å². The van der Waals surface area contributed by atoms with E-state index in [0.717, 1.165) is 26.8 Å². The van der Waals surface area contributed by atoms with Gasteiger partial charge >= 0.3 is 6.16 Å². The molecule has 1 unspecified atom stereocenters. The first kappa shape index (κ1) is 26.0. The van der Waals surface area contributed by atoms with Crippen LogP contribution in [0.4, 0.5) is 4.79 Å². The van der Waals surface area contributed by atoms with E-state index in [2.05, 4.69) is 17.4 Å². The van der Waals surface area contributed by atoms with E-state index in [0.29, 0.717) is 32.4 Å². The average molecular weight is 528 g/mol. The number of rotatable bonds is 9. The van der Waals surface area contributed by atoms with Gasteiger partial charge in [-0.15, -0.1) is 11.8 Å². The second-order valence-corrected chi connectivity index (χ2v) is 11.4. The van der Waals surface area contributed by atoms with Crippen LogP contribution in [0.15, 0.2) is 47.2 Å². The highest BCUT2D eigenvalue weighted by Crippen LogP contribution is 2.52. The van der Waals surface area contributed by atoms with Gasteiger partial charge in [0, 0.05) is 43.3 Å². The van der Waals surface area contributed by atoms with Crippen molar-refractivity contribution in [3.8, 4) is 0 Å². The molecule has 6 N–H and O–H groups in total. The molecule has 5 rings (SSSR count). The van der Waals surface area contributed by atoms with Crippen LogP contribution in [-0.2, 0) is 22.5 Å². The summed E-state index contributed by atoms with van der Waals surface area (Å²) >= 11 is 1.53. The highest BCUT2D eigenvalue weighted by Gasteiger charge is 2.58. The molecule has 0 bridgehead atoms. The predicted octanol–water partition coefficient (Wildman–Crippen LogP) is 2.39. The van der Waals surface area contributed by atoms with Gasteiger partial charge in [-0.3, -0.25) is 9.69 Å². The summed E-state index contributed by atoms with van der Waals surface area (Å²) in [5.41, 5.74) is 8.05. The number of carboxylic acid groups (broad SMARTS) is 1. The largest absolute Gasteiger partial charge is 0.512 e. The highest BCUT2D eigenvalue weighted by atomic mass is 32.2. The number of nitrogens with zero attached hydrogens (tertiary/aromatic N) is 1. The van der Waals surface area contributed by atoms with Gasteiger partial charge in [0.15, 0.2) is 0 Å². The Morgan fingerprint density at radius 1 is 1.24 bits per heavy atom. The molecule has 3 aliphatic heterocycles. The van der Waals surface area contributed by atoms with Crippen LogP contribution < -0.4 is 11.1 Å². The molecule has 1 amide bonds. The molecule has 0 saturated carbocycles. The van der Waals surface area contributed by atoms with Gasteiger partial charge in [-0.2, -0.15) is 0 Å². The lowest BCUT2D eigenvalue weighted by atomic mass is 9.80. The third-order valence-electron chi connectivity index (χ3n) is 7.88. The molecular weight excluding hydrogens is 494 g/mol. The third-order valence-corrected chi connectivity index (χ3v) is 9.37. The molecule has 9 nitrogen and oxygen atoms in total. The number of aliphatic hydroxyl groups excluding tert-OH is 2. The quantitative estimate of drug-likeness (QED) is 0.245. The van der Waals surface area contributed by atoms with Crippen LogP contribution in [0.3, 0.4) is 0 Å². The summed E-state index contributed by atoms with van der Waals surface area (Å²) in [6, 6.07) is 11.8. The first-order chi connectivity index (χ1) is 17.8. The summed E-state index contributed by atoms with van der Waals surface area (Å²) in [5.74, 6) is -0.527. The van der Waals surface area contributed by atoms with Gasteiger partial charge in [0.25, 0.3) is 0 Å². The lowest BCUT2D eigenvalue weighted by molar-refractivity contribution is -0.156. The van der Waals surface area contributed by atoms with E-state index in [-0.39, 0.29) is 47.6 Å². The first-order valence-corrected chi connectivity index (χ1v) is 13.6. The van der Waals surface area contributed by atoms with Crippen molar-refractivity contribution in [2.45, 2.75) is 56.2 Å². The Balaban J connectivity index is 1.28. The molecule has 10 heteroatoms. The van der Waals surface area contributed by atoms with Crippen molar-refractivity contribution in [3.05, 3.63) is 58.3 Å². The summed E-state index contributed by atoms with van der Waals surface area (Å²) in [5, 5.41) is 35.5. The number of aliphatic hydroxyl groups is 2. The fourth-order valence-corrected chi connectivity index (χ4v) is 7.50. The minimum absolute atomic E-state index is 0.0888. The van der Waals surface area contributed by atoms with E-state index >= 15 is 0 Å². The topological polar surface area (TPSA) is 145 Å². The van der Waals surface area contributed by atoms with Crippen LogP contribution in [0.2, 0.25) is 0 Å². The number of ether oxygens (including phenoxy) is 1. The molecule has 0 aromatic heterocycles. The molecule has 3 heterocycles. The van der Waals surface area contributed by atoms with E-state index in [1.165, 1.54) is 16.7 Å². The molecule has 2 aromatic carbocycles. The van der Waals surface area contributed by atoms with Crippen LogP contribution in [0.1, 0.15) is 30.9 Å². The van der Waals surface area contributed by atoms with Crippen molar-refractivity contribution in [1.82, 2.24) is 10.2 Å². The molecular formula is C27H33N3O6S. The van der Waals surface area contributed by atoms with Crippen molar-refractivity contribution < 1.29 is 29.6 Å². The Morgan fingerprint density at radius 3 is 2.62 bits per heavy atom. The van der Waals surface area contributed by atoms with Gasteiger partial charge < -0.3 is 31.1 Å². The molecule has 198 valence electrons. The maximum atomic E-state index is 12.6. The Bertz CT molecular complexity index is 1240. The SMILES string of the molecule is C[C@H]1C(S[C@@H]2CN[C@H](C(O)Cc3ccc(CN)c4ccccc34)C2)=C(OC(=O)O)N2C(=O)[C@@H](CCO)[C@@H]12. The van der Waals surface area contributed by atoms with Gasteiger partial charge in [0.2, 0.25) is 11.8 Å². The predicted molar refractivity (Wildman–Crippen MR) is 140 cm³/mol. The second kappa shape index (κ2) is 10.6. The average Bonchev–Trinajstić information content (AvgIpc) is 3.44. The molecule has 0 aliphatic carbocycles. The van der Waals surface area contributed by atoms with Gasteiger partial charge in [-0.05, 0) is 34.7 Å². The lowest BCUT2D eigenvalue weighted by Crippen LogP contribution is -2.60. The van der Waals surface area contributed by atoms with E-state index in [9.17, 15) is 24.9 Å². The second-order valence-electron chi connectivity index (χ2n) is 10.0. The smallest absolute Gasteiger partial charge is 0.449 e. The van der Waals surface area contributed by atoms with Crippen LogP contribution >= 0.6 is 11.8 Å². The monoisotopic (exact) mass is 527 g/mol. The molecule has 0 spiro atoms. The van der Waals surface area contributed by atoms with Crippen molar-refractivity contribution >= 4 is 34.6 Å². The Kier molecular flexibility index (Phi) is 7.46. The maximum Gasteiger partial charge on any atom is 0.512 e. The summed E-state index contributed by atoms with van der Waals surface area (Å²) in [7, 11) is 0. The Hall–Kier alpha value is -2.63. The van der Waals surface area contributed by atoms with Crippen molar-refractivity contribution in [2.75, 3.05) is 13.2 Å². The van der Waals surface area contributed by atoms with Gasteiger partial charge in [-0.25, -0.2) is 4.79 Å². The molecule has 0 radical (unpaired) electrons. The molecule has 2 fully saturated rings. The number of β-lactam (4-membered cyclic amide) rings is 1. The molecule has 6 atom stereocenters. The number of benzene rings is 2. The number of nitrogens with two attached hydrogens (primary N) is 1. The number of hydrogen-bond acceptors (Lipinski definition) is 8. The lowest BCUT2D eigenvalue weighted by Gasteiger charge is -2.44. The number of nitrogens with one attached hydrogen (secondary N) is 1. The number of hydrogen-bond donors (Lipinski definition) is 5. The minimum atomic E-state index is -1.45. The Labute approximate surface area is 219 Å². The van der Waals surface area contributed by atoms with E-state index in [1.807, 2.05) is 31.2 Å². The summed E-state index contributed by atoms with van der Waals surface area (Å²) < 4.78 is 5.09. The van der Waals surface area contributed by atoms with Crippen LogP contribution in [-0.4, -0.2) is 68.9 Å². The van der Waals surface area contributed by atoms with E-state index in [1.54, 1.807) is 0 Å². The van der Waals surface area contributed by atoms with Crippen molar-refractivity contribution in [1.29, 1.82) is 0 Å². The Morgan fingerprint density at radius 2 is 1.95 bits per heavy atom. The number of fused-ring (bicyclic) bond motifs is 2. The van der Waals surface area contributed by atoms with Crippen molar-refractivity contribution in [3.63, 3.8) is 0 Å². The van der Waals surface area contributed by atoms with E-state index in [4.69, 9.17) is 10.5 Å². The number of thioether (sulfide) groups is 1. The zero-order valence-corrected chi connectivity index (χ0v) is 21.5. The van der Waals surface area contributed by atoms with Crippen LogP contribution in [0, 0.1) is 11.8 Å². The van der Waals surface area contributed by atoms with Gasteiger partial charge in [-0.1, -0.05) is 43.3 Å². The fourth-order valence-electron chi connectivity index (χ4n) is 6.06. The zero-order chi connectivity index (χ0) is 26.3. The molecule has 37 heavy (non-hydrogen) atoms. The first-order valence-electron chi connectivity index (χ1n) is 12.7. The van der Waals surface area contributed by atoms with Crippen LogP contribution in [0.25, 0.3) is 10.8 Å². The van der Waals surface area contributed by atoms with E-state index < -0.39 is 12.3 Å². The van der Waals surface area contributed by atoms with Crippen molar-refractivity contribution in [2.24, 2.45) is 17.6 Å². The molecule has 3 aliphatic rings. The fraction of sp³-hybridized carbons (Fsp3) is 0.481. The molecule has 2 saturated heterocycles.